The molecule has 0 atom stereocenters. The fraction of sp³-hybridized carbons (Fsp3) is 0.464. The number of phenolic OH excluding ortho intramolecular Hbond substituents is 1. The highest BCUT2D eigenvalue weighted by molar-refractivity contribution is 5.75. The maximum Gasteiger partial charge on any atom is 0.220 e. The van der Waals surface area contributed by atoms with Gasteiger partial charge >= 0.3 is 0 Å². The molecule has 0 bridgehead atoms. The maximum atomic E-state index is 12.0. The SMILES string of the molecule is CCCCC/C=C\CC=CCC=CC/C=C\CCCC(=O)NCc1ccc(O)c(OC)c1. The lowest BCUT2D eigenvalue weighted by molar-refractivity contribution is -0.121. The van der Waals surface area contributed by atoms with Crippen LogP contribution in [0.4, 0.5) is 0 Å². The number of aromatic hydroxyl groups is 1. The van der Waals surface area contributed by atoms with Crippen LogP contribution in [-0.2, 0) is 11.3 Å². The summed E-state index contributed by atoms with van der Waals surface area (Å²) in [7, 11) is 1.51. The third-order valence-electron chi connectivity index (χ3n) is 4.97. The molecule has 0 aromatic heterocycles. The quantitative estimate of drug-likeness (QED) is 0.200. The molecule has 2 N–H and O–H groups in total. The molecule has 4 nitrogen and oxygen atoms in total. The molecule has 0 heterocycles. The molecule has 1 rings (SSSR count). The highest BCUT2D eigenvalue weighted by Gasteiger charge is 2.04. The second kappa shape index (κ2) is 19.0. The molecule has 1 aromatic carbocycles. The molecule has 0 aliphatic heterocycles. The Morgan fingerprint density at radius 1 is 0.906 bits per heavy atom. The Labute approximate surface area is 194 Å². The van der Waals surface area contributed by atoms with Crippen molar-refractivity contribution in [2.45, 2.75) is 77.7 Å². The second-order valence-corrected chi connectivity index (χ2v) is 7.76. The lowest BCUT2D eigenvalue weighted by Crippen LogP contribution is -2.22. The van der Waals surface area contributed by atoms with Gasteiger partial charge in [0.05, 0.1) is 7.11 Å². The number of hydrogen-bond acceptors (Lipinski definition) is 3. The van der Waals surface area contributed by atoms with Gasteiger partial charge < -0.3 is 15.2 Å². The Morgan fingerprint density at radius 2 is 1.50 bits per heavy atom. The number of methoxy groups -OCH3 is 1. The van der Waals surface area contributed by atoms with Gasteiger partial charge in [-0.1, -0.05) is 74.4 Å². The Bertz CT molecular complexity index is 747. The fourth-order valence-corrected chi connectivity index (χ4v) is 3.06. The van der Waals surface area contributed by atoms with E-state index >= 15 is 0 Å². The number of rotatable bonds is 17. The average Bonchev–Trinajstić information content (AvgIpc) is 2.80. The first-order valence-corrected chi connectivity index (χ1v) is 11.9. The second-order valence-electron chi connectivity index (χ2n) is 7.76. The highest BCUT2D eigenvalue weighted by atomic mass is 16.5. The molecule has 0 saturated heterocycles. The van der Waals surface area contributed by atoms with E-state index in [-0.39, 0.29) is 11.7 Å². The molecule has 0 fully saturated rings. The van der Waals surface area contributed by atoms with Crippen molar-refractivity contribution in [2.75, 3.05) is 7.11 Å². The maximum absolute atomic E-state index is 12.0. The summed E-state index contributed by atoms with van der Waals surface area (Å²) >= 11 is 0. The van der Waals surface area contributed by atoms with Crippen molar-refractivity contribution in [2.24, 2.45) is 0 Å². The predicted molar refractivity (Wildman–Crippen MR) is 135 cm³/mol. The number of hydrogen-bond donors (Lipinski definition) is 2. The van der Waals surface area contributed by atoms with Crippen molar-refractivity contribution in [3.05, 3.63) is 72.4 Å². The van der Waals surface area contributed by atoms with Gasteiger partial charge in [-0.15, -0.1) is 0 Å². The van der Waals surface area contributed by atoms with Gasteiger partial charge in [-0.2, -0.15) is 0 Å². The Balaban J connectivity index is 2.03. The van der Waals surface area contributed by atoms with Crippen LogP contribution < -0.4 is 10.1 Å². The number of benzene rings is 1. The third kappa shape index (κ3) is 14.3. The first-order valence-electron chi connectivity index (χ1n) is 11.9. The molecule has 176 valence electrons. The summed E-state index contributed by atoms with van der Waals surface area (Å²) in [5.74, 6) is 0.548. The number of carbonyl (C=O) groups is 1. The van der Waals surface area contributed by atoms with E-state index in [1.165, 1.54) is 32.8 Å². The number of nitrogens with one attached hydrogen (secondary N) is 1. The first-order chi connectivity index (χ1) is 15.7. The minimum atomic E-state index is 0.0351. The van der Waals surface area contributed by atoms with Crippen LogP contribution in [0.5, 0.6) is 11.5 Å². The number of phenols is 1. The van der Waals surface area contributed by atoms with Gasteiger partial charge in [0.25, 0.3) is 0 Å². The van der Waals surface area contributed by atoms with E-state index < -0.39 is 0 Å². The molecular formula is C28H41NO3. The van der Waals surface area contributed by atoms with Gasteiger partial charge in [0.1, 0.15) is 0 Å². The number of allylic oxidation sites excluding steroid dienone is 8. The summed E-state index contributed by atoms with van der Waals surface area (Å²) in [6.07, 6.45) is 27.9. The largest absolute Gasteiger partial charge is 0.504 e. The minimum Gasteiger partial charge on any atom is -0.504 e. The zero-order valence-corrected chi connectivity index (χ0v) is 19.9. The Kier molecular flexibility index (Phi) is 16.2. The zero-order chi connectivity index (χ0) is 23.3. The Hall–Kier alpha value is -2.75. The zero-order valence-electron chi connectivity index (χ0n) is 19.9. The van der Waals surface area contributed by atoms with E-state index in [4.69, 9.17) is 4.74 Å². The topological polar surface area (TPSA) is 58.6 Å². The van der Waals surface area contributed by atoms with E-state index in [1.807, 2.05) is 0 Å². The van der Waals surface area contributed by atoms with Crippen LogP contribution in [0.15, 0.2) is 66.8 Å². The fourth-order valence-electron chi connectivity index (χ4n) is 3.06. The summed E-state index contributed by atoms with van der Waals surface area (Å²) in [4.78, 5) is 12.0. The molecule has 0 aliphatic carbocycles. The standard InChI is InChI=1S/C28H41NO3/c1-3-4-5-6-7-8-9-10-11-12-13-14-15-16-17-18-19-20-28(31)29-24-25-21-22-26(30)27(23-25)32-2/h7-8,10-11,13-14,16-17,21-23,30H,3-6,9,12,15,18-20,24H2,1-2H3,(H,29,31)/b8-7-,11-10?,14-13?,17-16-. The van der Waals surface area contributed by atoms with Crippen molar-refractivity contribution in [1.82, 2.24) is 5.32 Å². The molecule has 1 aromatic rings. The Morgan fingerprint density at radius 3 is 2.09 bits per heavy atom. The molecule has 1 amide bonds. The van der Waals surface area contributed by atoms with Crippen LogP contribution >= 0.6 is 0 Å². The van der Waals surface area contributed by atoms with Crippen molar-refractivity contribution in [3.63, 3.8) is 0 Å². The molecule has 0 unspecified atom stereocenters. The summed E-state index contributed by atoms with van der Waals surface area (Å²) in [6, 6.07) is 5.08. The molecule has 0 saturated carbocycles. The number of ether oxygens (including phenoxy) is 1. The molecule has 0 radical (unpaired) electrons. The first kappa shape index (κ1) is 27.3. The predicted octanol–water partition coefficient (Wildman–Crippen LogP) is 7.16. The normalized spacial score (nSPS) is 11.9. The summed E-state index contributed by atoms with van der Waals surface area (Å²) in [6.45, 7) is 2.66. The summed E-state index contributed by atoms with van der Waals surface area (Å²) < 4.78 is 5.08. The van der Waals surface area contributed by atoms with E-state index in [2.05, 4.69) is 60.8 Å². The number of amides is 1. The van der Waals surface area contributed by atoms with Crippen LogP contribution in [0.2, 0.25) is 0 Å². The summed E-state index contributed by atoms with van der Waals surface area (Å²) in [5, 5.41) is 12.5. The van der Waals surface area contributed by atoms with Crippen LogP contribution in [0.25, 0.3) is 0 Å². The third-order valence-corrected chi connectivity index (χ3v) is 4.97. The summed E-state index contributed by atoms with van der Waals surface area (Å²) in [5.41, 5.74) is 0.897. The molecular weight excluding hydrogens is 398 g/mol. The molecule has 4 heteroatoms. The van der Waals surface area contributed by atoms with Crippen molar-refractivity contribution < 1.29 is 14.6 Å². The van der Waals surface area contributed by atoms with Crippen LogP contribution in [0.3, 0.4) is 0 Å². The van der Waals surface area contributed by atoms with Gasteiger partial charge in [-0.05, 0) is 62.6 Å². The van der Waals surface area contributed by atoms with Crippen LogP contribution in [-0.4, -0.2) is 18.1 Å². The van der Waals surface area contributed by atoms with Gasteiger partial charge in [0.15, 0.2) is 11.5 Å². The minimum absolute atomic E-state index is 0.0351. The van der Waals surface area contributed by atoms with E-state index in [0.29, 0.717) is 18.7 Å². The number of carbonyl (C=O) groups excluding carboxylic acids is 1. The van der Waals surface area contributed by atoms with E-state index in [9.17, 15) is 9.90 Å². The van der Waals surface area contributed by atoms with Crippen LogP contribution in [0, 0.1) is 0 Å². The van der Waals surface area contributed by atoms with E-state index in [1.54, 1.807) is 18.2 Å². The molecule has 32 heavy (non-hydrogen) atoms. The van der Waals surface area contributed by atoms with Crippen LogP contribution in [0.1, 0.15) is 76.7 Å². The van der Waals surface area contributed by atoms with Gasteiger partial charge in [-0.3, -0.25) is 4.79 Å². The van der Waals surface area contributed by atoms with Gasteiger partial charge in [-0.25, -0.2) is 0 Å². The molecule has 0 spiro atoms. The highest BCUT2D eigenvalue weighted by Crippen LogP contribution is 2.26. The number of unbranched alkanes of at least 4 members (excludes halogenated alkanes) is 4. The van der Waals surface area contributed by atoms with Crippen molar-refractivity contribution in [1.29, 1.82) is 0 Å². The molecule has 0 aliphatic rings. The smallest absolute Gasteiger partial charge is 0.220 e. The van der Waals surface area contributed by atoms with Gasteiger partial charge in [0.2, 0.25) is 5.91 Å². The van der Waals surface area contributed by atoms with Crippen molar-refractivity contribution >= 4 is 5.91 Å². The van der Waals surface area contributed by atoms with Crippen molar-refractivity contribution in [3.8, 4) is 11.5 Å². The average molecular weight is 440 g/mol. The lowest BCUT2D eigenvalue weighted by atomic mass is 10.2. The van der Waals surface area contributed by atoms with E-state index in [0.717, 1.165) is 37.7 Å². The lowest BCUT2D eigenvalue weighted by Gasteiger charge is -2.08. The van der Waals surface area contributed by atoms with Gasteiger partial charge in [0, 0.05) is 13.0 Å². The monoisotopic (exact) mass is 439 g/mol.